The fraction of sp³-hybridized carbons (Fsp3) is 0.375. The molecule has 0 aliphatic heterocycles. The summed E-state index contributed by atoms with van der Waals surface area (Å²) >= 11 is 1.55. The van der Waals surface area contributed by atoms with Crippen molar-refractivity contribution in [3.8, 4) is 0 Å². The molecule has 3 nitrogen and oxygen atoms in total. The number of benzene rings is 1. The summed E-state index contributed by atoms with van der Waals surface area (Å²) in [5, 5.41) is 3.34. The number of aromatic nitrogens is 2. The molecule has 0 amide bonds. The monoisotopic (exact) mass is 305 g/mol. The lowest BCUT2D eigenvalue weighted by Crippen LogP contribution is -2.15. The highest BCUT2D eigenvalue weighted by atomic mass is 32.2. The summed E-state index contributed by atoms with van der Waals surface area (Å²) in [6, 6.07) is 8.59. The smallest absolute Gasteiger partial charge is 0.139 e. The molecule has 0 aliphatic rings. The third kappa shape index (κ3) is 5.44. The zero-order valence-electron chi connectivity index (χ0n) is 12.4. The van der Waals surface area contributed by atoms with E-state index in [0.717, 1.165) is 41.6 Å². The van der Waals surface area contributed by atoms with Crippen molar-refractivity contribution < 1.29 is 4.39 Å². The second kappa shape index (κ2) is 8.10. The van der Waals surface area contributed by atoms with E-state index in [2.05, 4.69) is 22.2 Å². The normalized spacial score (nSPS) is 10.8. The van der Waals surface area contributed by atoms with Crippen molar-refractivity contribution in [3.63, 3.8) is 0 Å². The van der Waals surface area contributed by atoms with Crippen LogP contribution in [0.4, 0.5) is 4.39 Å². The lowest BCUT2D eigenvalue weighted by molar-refractivity contribution is 0.624. The number of aryl methyl sites for hydroxylation is 1. The summed E-state index contributed by atoms with van der Waals surface area (Å²) in [4.78, 5) is 9.90. The topological polar surface area (TPSA) is 37.8 Å². The molecule has 2 aromatic rings. The Morgan fingerprint density at radius 1 is 1.24 bits per heavy atom. The predicted octanol–water partition coefficient (Wildman–Crippen LogP) is 3.72. The Hall–Kier alpha value is -1.46. The van der Waals surface area contributed by atoms with E-state index < -0.39 is 0 Å². The summed E-state index contributed by atoms with van der Waals surface area (Å²) in [5.74, 6) is 1.22. The number of nitrogens with zero attached hydrogens (tertiary/aromatic N) is 2. The largest absolute Gasteiger partial charge is 0.311 e. The Kier molecular flexibility index (Phi) is 6.14. The molecule has 1 aromatic carbocycles. The van der Waals surface area contributed by atoms with Crippen LogP contribution in [0.3, 0.4) is 0 Å². The standard InChI is InChI=1S/C16H20FN3S/c1-3-7-18-10-14-8-12(2)19-16(20-14)11-21-15-6-4-5-13(17)9-15/h4-6,8-9,18H,3,7,10-11H2,1-2H3. The van der Waals surface area contributed by atoms with E-state index in [4.69, 9.17) is 0 Å². The highest BCUT2D eigenvalue weighted by Gasteiger charge is 2.04. The quantitative estimate of drug-likeness (QED) is 0.625. The third-order valence-corrected chi connectivity index (χ3v) is 3.84. The van der Waals surface area contributed by atoms with Gasteiger partial charge >= 0.3 is 0 Å². The van der Waals surface area contributed by atoms with E-state index in [1.54, 1.807) is 17.8 Å². The lowest BCUT2D eigenvalue weighted by atomic mass is 10.3. The average molecular weight is 305 g/mol. The highest BCUT2D eigenvalue weighted by Crippen LogP contribution is 2.22. The Labute approximate surface area is 129 Å². The molecule has 1 heterocycles. The number of hydrogen-bond acceptors (Lipinski definition) is 4. The molecule has 112 valence electrons. The maximum atomic E-state index is 13.1. The van der Waals surface area contributed by atoms with Gasteiger partial charge in [0.2, 0.25) is 0 Å². The van der Waals surface area contributed by atoms with Crippen LogP contribution >= 0.6 is 11.8 Å². The van der Waals surface area contributed by atoms with Gasteiger partial charge in [-0.3, -0.25) is 0 Å². The number of thioether (sulfide) groups is 1. The van der Waals surface area contributed by atoms with E-state index >= 15 is 0 Å². The minimum absolute atomic E-state index is 0.213. The van der Waals surface area contributed by atoms with Crippen molar-refractivity contribution in [3.05, 3.63) is 53.4 Å². The molecule has 5 heteroatoms. The van der Waals surface area contributed by atoms with Crippen LogP contribution in [-0.4, -0.2) is 16.5 Å². The summed E-state index contributed by atoms with van der Waals surface area (Å²) in [6.45, 7) is 5.85. The summed E-state index contributed by atoms with van der Waals surface area (Å²) in [5.41, 5.74) is 1.97. The van der Waals surface area contributed by atoms with Crippen LogP contribution in [0.2, 0.25) is 0 Å². The number of nitrogens with one attached hydrogen (secondary N) is 1. The molecule has 0 aliphatic carbocycles. The number of hydrogen-bond donors (Lipinski definition) is 1. The van der Waals surface area contributed by atoms with Crippen molar-refractivity contribution in [2.24, 2.45) is 0 Å². The van der Waals surface area contributed by atoms with Gasteiger partial charge in [-0.2, -0.15) is 0 Å². The molecule has 0 saturated heterocycles. The molecule has 0 radical (unpaired) electrons. The molecule has 1 aromatic heterocycles. The van der Waals surface area contributed by atoms with E-state index in [0.29, 0.717) is 5.75 Å². The highest BCUT2D eigenvalue weighted by molar-refractivity contribution is 7.98. The molecule has 0 bridgehead atoms. The van der Waals surface area contributed by atoms with Crippen LogP contribution in [0, 0.1) is 12.7 Å². The van der Waals surface area contributed by atoms with Crippen molar-refractivity contribution in [2.75, 3.05) is 6.54 Å². The van der Waals surface area contributed by atoms with Gasteiger partial charge in [0.15, 0.2) is 0 Å². The molecule has 0 saturated carbocycles. The van der Waals surface area contributed by atoms with E-state index in [1.807, 2.05) is 19.1 Å². The van der Waals surface area contributed by atoms with Gasteiger partial charge in [-0.05, 0) is 44.2 Å². The Morgan fingerprint density at radius 2 is 2.10 bits per heavy atom. The van der Waals surface area contributed by atoms with Gasteiger partial charge in [0.1, 0.15) is 11.6 Å². The first-order chi connectivity index (χ1) is 10.2. The van der Waals surface area contributed by atoms with Crippen LogP contribution in [0.15, 0.2) is 35.2 Å². The molecule has 0 unspecified atom stereocenters. The van der Waals surface area contributed by atoms with Crippen molar-refractivity contribution in [2.45, 2.75) is 37.5 Å². The maximum Gasteiger partial charge on any atom is 0.139 e. The Balaban J connectivity index is 1.99. The maximum absolute atomic E-state index is 13.1. The minimum Gasteiger partial charge on any atom is -0.311 e. The first-order valence-corrected chi connectivity index (χ1v) is 8.08. The van der Waals surface area contributed by atoms with E-state index in [-0.39, 0.29) is 5.82 Å². The zero-order chi connectivity index (χ0) is 15.1. The summed E-state index contributed by atoms with van der Waals surface area (Å²) < 4.78 is 13.1. The fourth-order valence-corrected chi connectivity index (χ4v) is 2.75. The van der Waals surface area contributed by atoms with Crippen LogP contribution in [0.1, 0.15) is 30.6 Å². The molecule has 0 spiro atoms. The van der Waals surface area contributed by atoms with E-state index in [9.17, 15) is 4.39 Å². The van der Waals surface area contributed by atoms with E-state index in [1.165, 1.54) is 12.1 Å². The van der Waals surface area contributed by atoms with Gasteiger partial charge in [0.05, 0.1) is 11.4 Å². The average Bonchev–Trinajstić information content (AvgIpc) is 2.45. The summed E-state index contributed by atoms with van der Waals surface area (Å²) in [6.07, 6.45) is 1.10. The SMILES string of the molecule is CCCNCc1cc(C)nc(CSc2cccc(F)c2)n1. The van der Waals surface area contributed by atoms with Crippen molar-refractivity contribution >= 4 is 11.8 Å². The fourth-order valence-electron chi connectivity index (χ4n) is 1.95. The molecule has 2 rings (SSSR count). The van der Waals surface area contributed by atoms with Crippen molar-refractivity contribution in [1.29, 1.82) is 0 Å². The molecular formula is C16H20FN3S. The van der Waals surface area contributed by atoms with Gasteiger partial charge in [-0.15, -0.1) is 11.8 Å². The minimum atomic E-state index is -0.213. The molecule has 0 atom stereocenters. The predicted molar refractivity (Wildman–Crippen MR) is 84.7 cm³/mol. The zero-order valence-corrected chi connectivity index (χ0v) is 13.2. The molecule has 21 heavy (non-hydrogen) atoms. The Morgan fingerprint density at radius 3 is 2.86 bits per heavy atom. The molecule has 1 N–H and O–H groups in total. The van der Waals surface area contributed by atoms with Crippen molar-refractivity contribution in [1.82, 2.24) is 15.3 Å². The third-order valence-electron chi connectivity index (χ3n) is 2.85. The number of rotatable bonds is 7. The first-order valence-electron chi connectivity index (χ1n) is 7.10. The van der Waals surface area contributed by atoms with Gasteiger partial charge < -0.3 is 5.32 Å². The second-order valence-corrected chi connectivity index (χ2v) is 5.89. The van der Waals surface area contributed by atoms with Gasteiger partial charge in [-0.25, -0.2) is 14.4 Å². The van der Waals surface area contributed by atoms with Crippen LogP contribution in [-0.2, 0) is 12.3 Å². The van der Waals surface area contributed by atoms with Gasteiger partial charge in [0, 0.05) is 17.1 Å². The summed E-state index contributed by atoms with van der Waals surface area (Å²) in [7, 11) is 0. The second-order valence-electron chi connectivity index (χ2n) is 4.84. The first kappa shape index (κ1) is 15.9. The Bertz CT molecular complexity index is 589. The van der Waals surface area contributed by atoms with Gasteiger partial charge in [0.25, 0.3) is 0 Å². The number of halogens is 1. The van der Waals surface area contributed by atoms with Crippen LogP contribution in [0.25, 0.3) is 0 Å². The van der Waals surface area contributed by atoms with Crippen LogP contribution in [0.5, 0.6) is 0 Å². The van der Waals surface area contributed by atoms with Gasteiger partial charge in [-0.1, -0.05) is 13.0 Å². The molecule has 0 fully saturated rings. The van der Waals surface area contributed by atoms with Crippen LogP contribution < -0.4 is 5.32 Å². The lowest BCUT2D eigenvalue weighted by Gasteiger charge is -2.07. The molecular weight excluding hydrogens is 285 g/mol.